The SMILES string of the molecule is c1ccc2c(c1)NNC2c1cc2ccccc2c2ccccc12. The molecule has 0 saturated carbocycles. The number of fused-ring (bicyclic) bond motifs is 4. The van der Waals surface area contributed by atoms with E-state index in [9.17, 15) is 0 Å². The molecule has 4 aromatic rings. The minimum absolute atomic E-state index is 0.167. The number of hydrogen-bond acceptors (Lipinski definition) is 2. The fourth-order valence-electron chi connectivity index (χ4n) is 3.66. The van der Waals surface area contributed by atoms with E-state index in [4.69, 9.17) is 0 Å². The molecule has 0 fully saturated rings. The van der Waals surface area contributed by atoms with Gasteiger partial charge in [0.15, 0.2) is 0 Å². The quantitative estimate of drug-likeness (QED) is 0.482. The third-order valence-electron chi connectivity index (χ3n) is 4.73. The van der Waals surface area contributed by atoms with Gasteiger partial charge in [0.1, 0.15) is 0 Å². The second-order valence-corrected chi connectivity index (χ2v) is 6.02. The first kappa shape index (κ1) is 12.7. The van der Waals surface area contributed by atoms with E-state index in [-0.39, 0.29) is 6.04 Å². The molecule has 0 bridgehead atoms. The van der Waals surface area contributed by atoms with E-state index in [1.165, 1.54) is 32.7 Å². The van der Waals surface area contributed by atoms with Crippen molar-refractivity contribution in [2.24, 2.45) is 0 Å². The summed E-state index contributed by atoms with van der Waals surface area (Å²) in [5, 5.41) is 5.22. The lowest BCUT2D eigenvalue weighted by molar-refractivity contribution is 0.735. The van der Waals surface area contributed by atoms with E-state index in [1.54, 1.807) is 0 Å². The lowest BCUT2D eigenvalue weighted by Crippen LogP contribution is -2.19. The molecule has 0 saturated heterocycles. The van der Waals surface area contributed by atoms with Crippen LogP contribution in [0.15, 0.2) is 78.9 Å². The van der Waals surface area contributed by atoms with Crippen molar-refractivity contribution in [1.29, 1.82) is 0 Å². The number of para-hydroxylation sites is 1. The first-order chi connectivity index (χ1) is 11.4. The fourth-order valence-corrected chi connectivity index (χ4v) is 3.66. The molecular weight excluding hydrogens is 280 g/mol. The highest BCUT2D eigenvalue weighted by molar-refractivity contribution is 6.09. The Hall–Kier alpha value is -2.84. The summed E-state index contributed by atoms with van der Waals surface area (Å²) in [4.78, 5) is 0. The lowest BCUT2D eigenvalue weighted by Gasteiger charge is -2.16. The van der Waals surface area contributed by atoms with Gasteiger partial charge in [-0.3, -0.25) is 0 Å². The first-order valence-corrected chi connectivity index (χ1v) is 7.93. The maximum Gasteiger partial charge on any atom is 0.0786 e. The number of anilines is 1. The van der Waals surface area contributed by atoms with E-state index in [2.05, 4.69) is 89.7 Å². The Morgan fingerprint density at radius 3 is 2.22 bits per heavy atom. The van der Waals surface area contributed by atoms with E-state index >= 15 is 0 Å². The molecular formula is C21H16N2. The maximum atomic E-state index is 3.45. The van der Waals surface area contributed by atoms with Crippen LogP contribution < -0.4 is 10.9 Å². The molecule has 0 spiro atoms. The third-order valence-corrected chi connectivity index (χ3v) is 4.73. The van der Waals surface area contributed by atoms with E-state index < -0.39 is 0 Å². The second-order valence-electron chi connectivity index (χ2n) is 6.02. The molecule has 2 nitrogen and oxygen atoms in total. The molecule has 1 atom stereocenters. The molecule has 2 heteroatoms. The minimum Gasteiger partial charge on any atom is -0.320 e. The zero-order valence-corrected chi connectivity index (χ0v) is 12.6. The van der Waals surface area contributed by atoms with Gasteiger partial charge >= 0.3 is 0 Å². The summed E-state index contributed by atoms with van der Waals surface area (Å²) in [6.45, 7) is 0. The molecule has 23 heavy (non-hydrogen) atoms. The molecule has 1 aliphatic heterocycles. The van der Waals surface area contributed by atoms with Crippen molar-refractivity contribution in [3.05, 3.63) is 90.0 Å². The normalized spacial score (nSPS) is 16.4. The van der Waals surface area contributed by atoms with Gasteiger partial charge in [-0.2, -0.15) is 0 Å². The Morgan fingerprint density at radius 1 is 0.609 bits per heavy atom. The Labute approximate surface area is 134 Å². The van der Waals surface area contributed by atoms with Crippen LogP contribution in [0, 0.1) is 0 Å². The number of hydrogen-bond donors (Lipinski definition) is 2. The Kier molecular flexibility index (Phi) is 2.66. The van der Waals surface area contributed by atoms with Crippen LogP contribution in [-0.4, -0.2) is 0 Å². The number of rotatable bonds is 1. The maximum absolute atomic E-state index is 3.45. The van der Waals surface area contributed by atoms with Crippen molar-refractivity contribution < 1.29 is 0 Å². The molecule has 1 heterocycles. The van der Waals surface area contributed by atoms with Crippen LogP contribution in [0.3, 0.4) is 0 Å². The number of benzene rings is 4. The number of nitrogens with one attached hydrogen (secondary N) is 2. The monoisotopic (exact) mass is 296 g/mol. The molecule has 0 aliphatic carbocycles. The highest BCUT2D eigenvalue weighted by atomic mass is 15.4. The molecule has 4 aromatic carbocycles. The fraction of sp³-hybridized carbons (Fsp3) is 0.0476. The van der Waals surface area contributed by atoms with Crippen molar-refractivity contribution >= 4 is 27.2 Å². The van der Waals surface area contributed by atoms with Crippen LogP contribution in [-0.2, 0) is 0 Å². The first-order valence-electron chi connectivity index (χ1n) is 7.93. The molecule has 110 valence electrons. The predicted molar refractivity (Wildman–Crippen MR) is 96.5 cm³/mol. The van der Waals surface area contributed by atoms with Gasteiger partial charge in [0.05, 0.1) is 11.7 Å². The van der Waals surface area contributed by atoms with Crippen LogP contribution in [0.5, 0.6) is 0 Å². The van der Waals surface area contributed by atoms with Gasteiger partial charge in [-0.05, 0) is 44.8 Å². The highest BCUT2D eigenvalue weighted by Crippen LogP contribution is 2.38. The Balaban J connectivity index is 1.84. The summed E-state index contributed by atoms with van der Waals surface area (Å²) < 4.78 is 0. The predicted octanol–water partition coefficient (Wildman–Crippen LogP) is 5.01. The van der Waals surface area contributed by atoms with Crippen LogP contribution in [0.1, 0.15) is 17.2 Å². The average Bonchev–Trinajstić information content (AvgIpc) is 3.05. The molecule has 1 aliphatic rings. The largest absolute Gasteiger partial charge is 0.320 e. The highest BCUT2D eigenvalue weighted by Gasteiger charge is 2.24. The zero-order valence-electron chi connectivity index (χ0n) is 12.6. The van der Waals surface area contributed by atoms with Gasteiger partial charge in [0.25, 0.3) is 0 Å². The summed E-state index contributed by atoms with van der Waals surface area (Å²) in [5.41, 5.74) is 10.5. The van der Waals surface area contributed by atoms with Crippen molar-refractivity contribution in [3.63, 3.8) is 0 Å². The van der Waals surface area contributed by atoms with Crippen LogP contribution in [0.25, 0.3) is 21.5 Å². The summed E-state index contributed by atoms with van der Waals surface area (Å²) in [5.74, 6) is 0. The summed E-state index contributed by atoms with van der Waals surface area (Å²) >= 11 is 0. The van der Waals surface area contributed by atoms with Gasteiger partial charge in [0.2, 0.25) is 0 Å². The molecule has 0 amide bonds. The lowest BCUT2D eigenvalue weighted by atomic mass is 9.91. The summed E-state index contributed by atoms with van der Waals surface area (Å²) in [6, 6.07) is 28.3. The topological polar surface area (TPSA) is 24.1 Å². The van der Waals surface area contributed by atoms with Crippen LogP contribution in [0.4, 0.5) is 5.69 Å². The molecule has 2 N–H and O–H groups in total. The minimum atomic E-state index is 0.167. The third kappa shape index (κ3) is 1.85. The van der Waals surface area contributed by atoms with Crippen LogP contribution >= 0.6 is 0 Å². The Morgan fingerprint density at radius 2 is 1.30 bits per heavy atom. The van der Waals surface area contributed by atoms with Gasteiger partial charge in [-0.25, -0.2) is 5.43 Å². The summed E-state index contributed by atoms with van der Waals surface area (Å²) in [6.07, 6.45) is 0. The molecule has 0 aromatic heterocycles. The van der Waals surface area contributed by atoms with Gasteiger partial charge in [-0.15, -0.1) is 0 Å². The van der Waals surface area contributed by atoms with Gasteiger partial charge in [-0.1, -0.05) is 66.7 Å². The van der Waals surface area contributed by atoms with Crippen LogP contribution in [0.2, 0.25) is 0 Å². The average molecular weight is 296 g/mol. The van der Waals surface area contributed by atoms with E-state index in [1.807, 2.05) is 0 Å². The number of hydrazine groups is 1. The van der Waals surface area contributed by atoms with Gasteiger partial charge < -0.3 is 5.43 Å². The molecule has 5 rings (SSSR count). The Bertz CT molecular complexity index is 1040. The smallest absolute Gasteiger partial charge is 0.0786 e. The van der Waals surface area contributed by atoms with E-state index in [0.29, 0.717) is 0 Å². The standard InChI is InChI=1S/C21H16N2/c1-2-8-15-14(7-1)13-19(17-10-4-3-9-16(15)17)21-18-11-5-6-12-20(18)22-23-21/h1-13,21-23H. The van der Waals surface area contributed by atoms with Crippen molar-refractivity contribution in [2.75, 3.05) is 5.43 Å². The van der Waals surface area contributed by atoms with Gasteiger partial charge in [0, 0.05) is 0 Å². The zero-order chi connectivity index (χ0) is 15.2. The van der Waals surface area contributed by atoms with Crippen molar-refractivity contribution in [3.8, 4) is 0 Å². The van der Waals surface area contributed by atoms with Crippen molar-refractivity contribution in [2.45, 2.75) is 6.04 Å². The second kappa shape index (κ2) is 4.83. The molecule has 0 radical (unpaired) electrons. The molecule has 1 unspecified atom stereocenters. The van der Waals surface area contributed by atoms with E-state index in [0.717, 1.165) is 5.69 Å². The summed E-state index contributed by atoms with van der Waals surface area (Å²) in [7, 11) is 0. The van der Waals surface area contributed by atoms with Crippen molar-refractivity contribution in [1.82, 2.24) is 5.43 Å².